The number of carbonyl (C=O) groups excluding carboxylic acids is 1. The summed E-state index contributed by atoms with van der Waals surface area (Å²) < 4.78 is 0. The van der Waals surface area contributed by atoms with Crippen molar-refractivity contribution in [2.24, 2.45) is 0 Å². The molecule has 0 saturated carbocycles. The quantitative estimate of drug-likeness (QED) is 0.667. The number of amides is 1. The largest absolute Gasteiger partial charge is 0.309 e. The highest BCUT2D eigenvalue weighted by molar-refractivity contribution is 7.15. The molecule has 28 heavy (non-hydrogen) atoms. The molecule has 0 atom stereocenters. The van der Waals surface area contributed by atoms with E-state index in [0.29, 0.717) is 6.42 Å². The van der Waals surface area contributed by atoms with Gasteiger partial charge in [0.15, 0.2) is 0 Å². The van der Waals surface area contributed by atoms with E-state index < -0.39 is 0 Å². The minimum Gasteiger partial charge on any atom is -0.309 e. The van der Waals surface area contributed by atoms with Crippen LogP contribution < -0.4 is 4.90 Å². The van der Waals surface area contributed by atoms with Crippen LogP contribution in [-0.4, -0.2) is 40.1 Å². The van der Waals surface area contributed by atoms with E-state index in [2.05, 4.69) is 27.2 Å². The number of H-pyrrole nitrogens is 1. The van der Waals surface area contributed by atoms with Gasteiger partial charge < -0.3 is 4.90 Å². The van der Waals surface area contributed by atoms with Crippen molar-refractivity contribution in [2.75, 3.05) is 18.0 Å². The van der Waals surface area contributed by atoms with Crippen molar-refractivity contribution in [2.45, 2.75) is 38.8 Å². The lowest BCUT2D eigenvalue weighted by molar-refractivity contribution is -0.119. The number of para-hydroxylation sites is 1. The van der Waals surface area contributed by atoms with Crippen LogP contribution in [0.3, 0.4) is 0 Å². The smallest absolute Gasteiger partial charge is 0.226 e. The summed E-state index contributed by atoms with van der Waals surface area (Å²) in [6.07, 6.45) is 4.36. The topological polar surface area (TPSA) is 52.2 Å². The van der Waals surface area contributed by atoms with Crippen molar-refractivity contribution < 1.29 is 4.79 Å². The second kappa shape index (κ2) is 8.71. The van der Waals surface area contributed by atoms with Crippen molar-refractivity contribution >= 4 is 22.9 Å². The van der Waals surface area contributed by atoms with Crippen LogP contribution in [-0.2, 0) is 11.3 Å². The summed E-state index contributed by atoms with van der Waals surface area (Å²) in [6, 6.07) is 16.8. The van der Waals surface area contributed by atoms with E-state index >= 15 is 0 Å². The first-order valence-electron chi connectivity index (χ1n) is 9.92. The van der Waals surface area contributed by atoms with Gasteiger partial charge in [0.25, 0.3) is 0 Å². The Hall–Kier alpha value is -2.44. The van der Waals surface area contributed by atoms with Crippen molar-refractivity contribution in [3.63, 3.8) is 0 Å². The zero-order valence-electron chi connectivity index (χ0n) is 16.2. The zero-order valence-corrected chi connectivity index (χ0v) is 17.0. The van der Waals surface area contributed by atoms with Gasteiger partial charge in [-0.2, -0.15) is 5.10 Å². The number of thiophene rings is 1. The molecular formula is C22H26N4OS. The summed E-state index contributed by atoms with van der Waals surface area (Å²) in [5, 5.41) is 7.06. The van der Waals surface area contributed by atoms with Gasteiger partial charge in [0, 0.05) is 48.9 Å². The number of aromatic nitrogens is 2. The number of piperidine rings is 1. The first kappa shape index (κ1) is 18.9. The number of nitrogens with zero attached hydrogens (tertiary/aromatic N) is 3. The van der Waals surface area contributed by atoms with Crippen LogP contribution in [0.25, 0.3) is 10.6 Å². The second-order valence-corrected chi connectivity index (χ2v) is 8.36. The number of likely N-dealkylation sites (tertiary alicyclic amines) is 1. The fraction of sp³-hybridized carbons (Fsp3) is 0.364. The fourth-order valence-corrected chi connectivity index (χ4v) is 4.90. The summed E-state index contributed by atoms with van der Waals surface area (Å²) in [6.45, 7) is 4.95. The first-order valence-corrected chi connectivity index (χ1v) is 10.7. The number of carbonyl (C=O) groups is 1. The van der Waals surface area contributed by atoms with Gasteiger partial charge in [-0.1, -0.05) is 25.1 Å². The molecule has 0 radical (unpaired) electrons. The Bertz CT molecular complexity index is 882. The van der Waals surface area contributed by atoms with E-state index in [-0.39, 0.29) is 11.9 Å². The van der Waals surface area contributed by atoms with Gasteiger partial charge >= 0.3 is 0 Å². The Labute approximate surface area is 170 Å². The van der Waals surface area contributed by atoms with E-state index in [0.717, 1.165) is 43.9 Å². The third kappa shape index (κ3) is 4.18. The molecule has 2 aromatic heterocycles. The highest BCUT2D eigenvalue weighted by Gasteiger charge is 2.28. The maximum Gasteiger partial charge on any atom is 0.226 e. The minimum atomic E-state index is 0.215. The molecule has 1 aliphatic heterocycles. The van der Waals surface area contributed by atoms with Crippen LogP contribution in [0.1, 0.15) is 31.1 Å². The van der Waals surface area contributed by atoms with Crippen molar-refractivity contribution in [1.82, 2.24) is 15.1 Å². The molecule has 1 amide bonds. The van der Waals surface area contributed by atoms with Crippen molar-refractivity contribution in [1.29, 1.82) is 0 Å². The average molecular weight is 395 g/mol. The lowest BCUT2D eigenvalue weighted by Gasteiger charge is -2.38. The molecule has 4 rings (SSSR count). The van der Waals surface area contributed by atoms with Gasteiger partial charge in [0.05, 0.1) is 10.6 Å². The number of anilines is 1. The van der Waals surface area contributed by atoms with Gasteiger partial charge in [0.2, 0.25) is 5.91 Å². The van der Waals surface area contributed by atoms with Crippen molar-refractivity contribution in [3.8, 4) is 10.6 Å². The Kier molecular flexibility index (Phi) is 5.88. The Balaban J connectivity index is 1.38. The molecule has 1 saturated heterocycles. The summed E-state index contributed by atoms with van der Waals surface area (Å²) in [5.41, 5.74) is 2.10. The highest BCUT2D eigenvalue weighted by atomic mass is 32.1. The van der Waals surface area contributed by atoms with Crippen LogP contribution in [0.5, 0.6) is 0 Å². The van der Waals surface area contributed by atoms with Crippen LogP contribution in [0.15, 0.2) is 54.7 Å². The zero-order chi connectivity index (χ0) is 19.3. The van der Waals surface area contributed by atoms with Gasteiger partial charge in [-0.3, -0.25) is 14.8 Å². The van der Waals surface area contributed by atoms with Crippen LogP contribution in [0, 0.1) is 0 Å². The third-order valence-corrected chi connectivity index (χ3v) is 6.44. The molecule has 0 spiro atoms. The number of rotatable bonds is 6. The van der Waals surface area contributed by atoms with Crippen LogP contribution in [0.2, 0.25) is 0 Å². The monoisotopic (exact) mass is 394 g/mol. The lowest BCUT2D eigenvalue weighted by atomic mass is 10.0. The number of nitrogens with one attached hydrogen (secondary N) is 1. The van der Waals surface area contributed by atoms with Gasteiger partial charge in [0.1, 0.15) is 0 Å². The number of benzene rings is 1. The van der Waals surface area contributed by atoms with E-state index in [1.807, 2.05) is 59.6 Å². The molecule has 1 aliphatic rings. The first-order chi connectivity index (χ1) is 13.7. The summed E-state index contributed by atoms with van der Waals surface area (Å²) in [7, 11) is 0. The average Bonchev–Trinajstić information content (AvgIpc) is 3.42. The maximum absolute atomic E-state index is 12.6. The van der Waals surface area contributed by atoms with Gasteiger partial charge in [-0.05, 0) is 43.2 Å². The second-order valence-electron chi connectivity index (χ2n) is 7.20. The predicted octanol–water partition coefficient (Wildman–Crippen LogP) is 4.55. The molecule has 6 heteroatoms. The Morgan fingerprint density at radius 2 is 1.96 bits per heavy atom. The van der Waals surface area contributed by atoms with Gasteiger partial charge in [-0.15, -0.1) is 11.3 Å². The molecule has 0 unspecified atom stereocenters. The highest BCUT2D eigenvalue weighted by Crippen LogP contribution is 2.29. The minimum absolute atomic E-state index is 0.215. The molecule has 0 bridgehead atoms. The summed E-state index contributed by atoms with van der Waals surface area (Å²) in [4.78, 5) is 19.7. The molecule has 146 valence electrons. The molecule has 1 N–H and O–H groups in total. The maximum atomic E-state index is 12.6. The molecule has 0 aliphatic carbocycles. The molecule has 1 fully saturated rings. The van der Waals surface area contributed by atoms with Crippen LogP contribution >= 0.6 is 11.3 Å². The Morgan fingerprint density at radius 1 is 1.18 bits per heavy atom. The summed E-state index contributed by atoms with van der Waals surface area (Å²) in [5.74, 6) is 0.215. The van der Waals surface area contributed by atoms with Crippen molar-refractivity contribution in [3.05, 3.63) is 59.6 Å². The van der Waals surface area contributed by atoms with E-state index in [1.165, 1.54) is 9.75 Å². The fourth-order valence-electron chi connectivity index (χ4n) is 3.87. The van der Waals surface area contributed by atoms with E-state index in [4.69, 9.17) is 0 Å². The van der Waals surface area contributed by atoms with Crippen LogP contribution in [0.4, 0.5) is 5.69 Å². The molecule has 3 heterocycles. The predicted molar refractivity (Wildman–Crippen MR) is 114 cm³/mol. The standard InChI is InChI=1S/C22H26N4OS/c1-2-22(27)26(17-6-4-3-5-7-17)18-11-14-25(15-12-18)16-19-8-9-21(28-19)20-10-13-23-24-20/h3-10,13,18H,2,11-12,14-16H2,1H3,(H,23,24). The molecule has 1 aromatic carbocycles. The normalized spacial score (nSPS) is 15.6. The number of aromatic amines is 1. The summed E-state index contributed by atoms with van der Waals surface area (Å²) >= 11 is 1.82. The molecule has 3 aromatic rings. The van der Waals surface area contributed by atoms with Gasteiger partial charge in [-0.25, -0.2) is 0 Å². The number of hydrogen-bond donors (Lipinski definition) is 1. The number of hydrogen-bond acceptors (Lipinski definition) is 4. The lowest BCUT2D eigenvalue weighted by Crippen LogP contribution is -2.47. The SMILES string of the molecule is CCC(=O)N(c1ccccc1)C1CCN(Cc2ccc(-c3ccn[nH]3)s2)CC1. The Morgan fingerprint density at radius 3 is 2.64 bits per heavy atom. The third-order valence-electron chi connectivity index (χ3n) is 5.34. The molecule has 5 nitrogen and oxygen atoms in total. The molecular weight excluding hydrogens is 368 g/mol. The van der Waals surface area contributed by atoms with E-state index in [9.17, 15) is 4.79 Å². The van der Waals surface area contributed by atoms with E-state index in [1.54, 1.807) is 6.20 Å².